The Hall–Kier alpha value is -1.49. The average Bonchev–Trinajstić information content (AvgIpc) is 2.62. The summed E-state index contributed by atoms with van der Waals surface area (Å²) in [5.41, 5.74) is 0.889. The smallest absolute Gasteiger partial charge is 0.278 e. The predicted octanol–water partition coefficient (Wildman–Crippen LogP) is -0.972. The van der Waals surface area contributed by atoms with Gasteiger partial charge in [-0.3, -0.25) is 0 Å². The maximum Gasteiger partial charge on any atom is 0.278 e. The van der Waals surface area contributed by atoms with Crippen molar-refractivity contribution in [3.05, 3.63) is 18.2 Å². The molecule has 0 saturated heterocycles. The number of aryl methyl sites for hydroxylation is 1. The van der Waals surface area contributed by atoms with Crippen LogP contribution in [-0.4, -0.2) is 28.3 Å². The fourth-order valence-electron chi connectivity index (χ4n) is 1.22. The number of amidine groups is 2. The Morgan fingerprint density at radius 3 is 2.62 bits per heavy atom. The summed E-state index contributed by atoms with van der Waals surface area (Å²) in [5.74, 6) is 1.86. The molecule has 0 aromatic carbocycles. The first-order valence-electron chi connectivity index (χ1n) is 4.13. The third-order valence-corrected chi connectivity index (χ3v) is 2.15. The van der Waals surface area contributed by atoms with E-state index >= 15 is 0 Å². The predicted molar refractivity (Wildman–Crippen MR) is 49.7 cm³/mol. The molecular weight excluding hydrogens is 166 g/mol. The van der Waals surface area contributed by atoms with Gasteiger partial charge in [0.1, 0.15) is 0 Å². The second-order valence-corrected chi connectivity index (χ2v) is 3.18. The molecule has 0 saturated carbocycles. The van der Waals surface area contributed by atoms with Crippen molar-refractivity contribution in [3.8, 4) is 0 Å². The molecule has 1 aromatic heterocycles. The quantitative estimate of drug-likeness (QED) is 0.591. The van der Waals surface area contributed by atoms with E-state index < -0.39 is 0 Å². The van der Waals surface area contributed by atoms with E-state index in [1.165, 1.54) is 0 Å². The molecule has 1 aliphatic rings. The first-order chi connectivity index (χ1) is 6.18. The Kier molecular flexibility index (Phi) is 1.73. The van der Waals surface area contributed by atoms with E-state index in [1.54, 1.807) is 6.33 Å². The lowest BCUT2D eigenvalue weighted by Crippen LogP contribution is -3.12. The van der Waals surface area contributed by atoms with Gasteiger partial charge in [0.05, 0.1) is 13.4 Å². The standard InChI is InChI=1S/C8H11N5/c1-6-10-11-8(13(6)3)7-4-12(2)5-9-7/h4-5H,1-3H3/p+1. The summed E-state index contributed by atoms with van der Waals surface area (Å²) >= 11 is 0. The highest BCUT2D eigenvalue weighted by molar-refractivity contribution is 5.98. The normalized spacial score (nSPS) is 21.6. The van der Waals surface area contributed by atoms with Gasteiger partial charge < -0.3 is 4.57 Å². The summed E-state index contributed by atoms with van der Waals surface area (Å²) in [6, 6.07) is 0. The second-order valence-electron chi connectivity index (χ2n) is 3.18. The topological polar surface area (TPSA) is 47.0 Å². The van der Waals surface area contributed by atoms with Crippen molar-refractivity contribution in [1.82, 2.24) is 9.55 Å². The monoisotopic (exact) mass is 178 g/mol. The summed E-state index contributed by atoms with van der Waals surface area (Å²) in [5, 5.41) is 8.08. The minimum atomic E-state index is 0.887. The minimum Gasteiger partial charge on any atom is -0.340 e. The molecule has 68 valence electrons. The Labute approximate surface area is 76.4 Å². The molecule has 0 bridgehead atoms. The number of quaternary nitrogens is 1. The average molecular weight is 178 g/mol. The van der Waals surface area contributed by atoms with Crippen molar-refractivity contribution < 1.29 is 4.90 Å². The molecule has 1 unspecified atom stereocenters. The van der Waals surface area contributed by atoms with E-state index in [0.29, 0.717) is 0 Å². The fraction of sp³-hybridized carbons (Fsp3) is 0.375. The molecule has 5 heteroatoms. The lowest BCUT2D eigenvalue weighted by atomic mass is 10.4. The van der Waals surface area contributed by atoms with Crippen molar-refractivity contribution in [1.29, 1.82) is 0 Å². The lowest BCUT2D eigenvalue weighted by Gasteiger charge is -2.04. The van der Waals surface area contributed by atoms with E-state index in [4.69, 9.17) is 0 Å². The van der Waals surface area contributed by atoms with Gasteiger partial charge >= 0.3 is 0 Å². The van der Waals surface area contributed by atoms with Crippen LogP contribution in [0.4, 0.5) is 0 Å². The molecule has 0 amide bonds. The molecule has 2 heterocycles. The summed E-state index contributed by atoms with van der Waals surface area (Å²) < 4.78 is 1.90. The van der Waals surface area contributed by atoms with Gasteiger partial charge in [-0.2, -0.15) is 0 Å². The highest BCUT2D eigenvalue weighted by Gasteiger charge is 2.25. The van der Waals surface area contributed by atoms with E-state index in [9.17, 15) is 0 Å². The molecule has 1 N–H and O–H groups in total. The van der Waals surface area contributed by atoms with Gasteiger partial charge in [0.2, 0.25) is 5.84 Å². The SMILES string of the molecule is CC1=NN=C(c2cn(C)cn2)[NH+]1C. The Bertz CT molecular complexity index is 387. The van der Waals surface area contributed by atoms with Crippen molar-refractivity contribution in [2.24, 2.45) is 17.3 Å². The van der Waals surface area contributed by atoms with Gasteiger partial charge in [-0.25, -0.2) is 9.88 Å². The summed E-state index contributed by atoms with van der Waals surface area (Å²) in [4.78, 5) is 5.33. The van der Waals surface area contributed by atoms with E-state index in [1.807, 2.05) is 31.8 Å². The Morgan fingerprint density at radius 2 is 2.15 bits per heavy atom. The van der Waals surface area contributed by atoms with Gasteiger partial charge in [-0.05, 0) is 0 Å². The van der Waals surface area contributed by atoms with Gasteiger partial charge in [0.15, 0.2) is 5.69 Å². The summed E-state index contributed by atoms with van der Waals surface area (Å²) in [6.07, 6.45) is 3.70. The zero-order valence-electron chi connectivity index (χ0n) is 7.94. The van der Waals surface area contributed by atoms with Crippen molar-refractivity contribution in [3.63, 3.8) is 0 Å². The number of aromatic nitrogens is 2. The maximum absolute atomic E-state index is 4.22. The van der Waals surface area contributed by atoms with Crippen LogP contribution in [0.3, 0.4) is 0 Å². The molecule has 0 spiro atoms. The Balaban J connectivity index is 2.31. The fourth-order valence-corrected chi connectivity index (χ4v) is 1.22. The molecule has 5 nitrogen and oxygen atoms in total. The number of nitrogens with one attached hydrogen (secondary N) is 1. The molecule has 1 aliphatic heterocycles. The van der Waals surface area contributed by atoms with Gasteiger partial charge in [0.25, 0.3) is 5.84 Å². The highest BCUT2D eigenvalue weighted by atomic mass is 15.4. The van der Waals surface area contributed by atoms with Gasteiger partial charge in [-0.1, -0.05) is 10.2 Å². The number of nitrogens with zero attached hydrogens (tertiary/aromatic N) is 4. The largest absolute Gasteiger partial charge is 0.340 e. The van der Waals surface area contributed by atoms with E-state index in [-0.39, 0.29) is 0 Å². The van der Waals surface area contributed by atoms with Crippen molar-refractivity contribution in [2.75, 3.05) is 7.05 Å². The molecule has 2 rings (SSSR count). The van der Waals surface area contributed by atoms with Gasteiger partial charge in [0, 0.05) is 20.2 Å². The van der Waals surface area contributed by atoms with Crippen LogP contribution >= 0.6 is 0 Å². The zero-order chi connectivity index (χ0) is 9.42. The first-order valence-corrected chi connectivity index (χ1v) is 4.13. The van der Waals surface area contributed by atoms with Crippen LogP contribution in [0, 0.1) is 0 Å². The van der Waals surface area contributed by atoms with Crippen LogP contribution in [0.25, 0.3) is 0 Å². The number of hydrogen-bond donors (Lipinski definition) is 1. The molecule has 13 heavy (non-hydrogen) atoms. The Morgan fingerprint density at radius 1 is 1.38 bits per heavy atom. The zero-order valence-corrected chi connectivity index (χ0v) is 7.94. The van der Waals surface area contributed by atoms with E-state index in [2.05, 4.69) is 15.2 Å². The van der Waals surface area contributed by atoms with Crippen molar-refractivity contribution in [2.45, 2.75) is 6.92 Å². The third kappa shape index (κ3) is 1.27. The number of imidazole rings is 1. The summed E-state index contributed by atoms with van der Waals surface area (Å²) in [7, 11) is 3.95. The minimum absolute atomic E-state index is 0.887. The van der Waals surface area contributed by atoms with Crippen LogP contribution < -0.4 is 4.90 Å². The lowest BCUT2D eigenvalue weighted by molar-refractivity contribution is -0.671. The molecule has 0 radical (unpaired) electrons. The molecule has 1 aromatic rings. The van der Waals surface area contributed by atoms with Crippen LogP contribution in [0.1, 0.15) is 12.6 Å². The maximum atomic E-state index is 4.22. The number of rotatable bonds is 1. The van der Waals surface area contributed by atoms with Crippen LogP contribution in [0.15, 0.2) is 22.7 Å². The van der Waals surface area contributed by atoms with Crippen LogP contribution in [0.2, 0.25) is 0 Å². The second kappa shape index (κ2) is 2.77. The molecule has 1 atom stereocenters. The van der Waals surface area contributed by atoms with Crippen LogP contribution in [0.5, 0.6) is 0 Å². The highest BCUT2D eigenvalue weighted by Crippen LogP contribution is 1.96. The van der Waals surface area contributed by atoms with E-state index in [0.717, 1.165) is 22.3 Å². The molecule has 0 fully saturated rings. The molecular formula is C8H12N5+. The number of hydrogen-bond acceptors (Lipinski definition) is 3. The third-order valence-electron chi connectivity index (χ3n) is 2.15. The van der Waals surface area contributed by atoms with Crippen molar-refractivity contribution >= 4 is 11.7 Å². The molecule has 0 aliphatic carbocycles. The summed E-state index contributed by atoms with van der Waals surface area (Å²) in [6.45, 7) is 1.95. The first kappa shape index (κ1) is 8.12. The van der Waals surface area contributed by atoms with Gasteiger partial charge in [-0.15, -0.1) is 0 Å². The van der Waals surface area contributed by atoms with Crippen LogP contribution in [-0.2, 0) is 7.05 Å².